The number of nitrogens with one attached hydrogen (secondary N) is 2. The lowest BCUT2D eigenvalue weighted by molar-refractivity contribution is 0.485. The number of allylic oxidation sites excluding steroid dienone is 3. The van der Waals surface area contributed by atoms with E-state index < -0.39 is 0 Å². The van der Waals surface area contributed by atoms with Crippen LogP contribution in [0.25, 0.3) is 5.57 Å². The van der Waals surface area contributed by atoms with E-state index in [4.69, 9.17) is 4.99 Å². The summed E-state index contributed by atoms with van der Waals surface area (Å²) in [6.45, 7) is 9.46. The molecular weight excluding hydrogens is 370 g/mol. The molecule has 156 valence electrons. The molecule has 2 aliphatic rings. The highest BCUT2D eigenvalue weighted by molar-refractivity contribution is 6.04. The van der Waals surface area contributed by atoms with Crippen molar-refractivity contribution >= 4 is 28.6 Å². The molecular formula is C25H31N5. The number of hydrogen-bond acceptors (Lipinski definition) is 4. The normalized spacial score (nSPS) is 20.4. The molecule has 5 heteroatoms. The zero-order chi connectivity index (χ0) is 21.1. The lowest BCUT2D eigenvalue weighted by Gasteiger charge is -2.35. The van der Waals surface area contributed by atoms with E-state index in [2.05, 4.69) is 71.3 Å². The molecule has 1 saturated heterocycles. The Hall–Kier alpha value is -3.08. The largest absolute Gasteiger partial charge is 0.391 e. The monoisotopic (exact) mass is 401 g/mol. The lowest BCUT2D eigenvalue weighted by Crippen LogP contribution is -2.37. The third kappa shape index (κ3) is 4.11. The molecule has 0 saturated carbocycles. The first-order chi connectivity index (χ1) is 14.6. The summed E-state index contributed by atoms with van der Waals surface area (Å²) in [4.78, 5) is 11.8. The third-order valence-corrected chi connectivity index (χ3v) is 6.15. The number of anilines is 2. The third-order valence-electron chi connectivity index (χ3n) is 6.15. The Bertz CT molecular complexity index is 1000. The highest BCUT2D eigenvalue weighted by Crippen LogP contribution is 2.31. The van der Waals surface area contributed by atoms with Crippen LogP contribution in [0.3, 0.4) is 0 Å². The number of aromatic nitrogens is 1. The van der Waals surface area contributed by atoms with Crippen LogP contribution >= 0.6 is 0 Å². The fourth-order valence-corrected chi connectivity index (χ4v) is 4.37. The molecule has 0 aliphatic carbocycles. The van der Waals surface area contributed by atoms with Crippen LogP contribution in [-0.4, -0.2) is 30.5 Å². The Kier molecular flexibility index (Phi) is 5.88. The number of nitrogens with zero attached hydrogens (tertiary/aromatic N) is 3. The van der Waals surface area contributed by atoms with E-state index in [1.807, 2.05) is 19.3 Å². The molecule has 0 bridgehead atoms. The molecule has 2 N–H and O–H groups in total. The molecule has 0 radical (unpaired) electrons. The van der Waals surface area contributed by atoms with Crippen molar-refractivity contribution in [2.24, 2.45) is 4.99 Å². The Morgan fingerprint density at radius 2 is 2.17 bits per heavy atom. The van der Waals surface area contributed by atoms with Gasteiger partial charge in [-0.25, -0.2) is 9.98 Å². The van der Waals surface area contributed by atoms with Crippen LogP contribution in [0.4, 0.5) is 17.2 Å². The molecule has 1 aromatic carbocycles. The molecule has 2 aliphatic heterocycles. The minimum atomic E-state index is 0.571. The average molecular weight is 402 g/mol. The molecule has 30 heavy (non-hydrogen) atoms. The van der Waals surface area contributed by atoms with Gasteiger partial charge in [0.05, 0.1) is 0 Å². The fourth-order valence-electron chi connectivity index (χ4n) is 4.37. The van der Waals surface area contributed by atoms with Crippen molar-refractivity contribution in [3.05, 3.63) is 66.0 Å². The molecule has 0 spiro atoms. The highest BCUT2D eigenvalue weighted by Gasteiger charge is 2.20. The van der Waals surface area contributed by atoms with Crippen molar-refractivity contribution in [3.63, 3.8) is 0 Å². The van der Waals surface area contributed by atoms with Gasteiger partial charge in [0.1, 0.15) is 5.84 Å². The van der Waals surface area contributed by atoms with Crippen molar-refractivity contribution in [1.82, 2.24) is 10.3 Å². The van der Waals surface area contributed by atoms with Crippen LogP contribution in [0.15, 0.2) is 59.9 Å². The Morgan fingerprint density at radius 1 is 1.30 bits per heavy atom. The number of hydrogen-bond donors (Lipinski definition) is 2. The van der Waals surface area contributed by atoms with Gasteiger partial charge in [-0.3, -0.25) is 0 Å². The average Bonchev–Trinajstić information content (AvgIpc) is 3.16. The van der Waals surface area contributed by atoms with Crippen LogP contribution in [0.1, 0.15) is 44.2 Å². The van der Waals surface area contributed by atoms with Gasteiger partial charge in [0.15, 0.2) is 5.82 Å². The van der Waals surface area contributed by atoms with Gasteiger partial charge in [0.2, 0.25) is 0 Å². The van der Waals surface area contributed by atoms with E-state index in [0.717, 1.165) is 47.1 Å². The minimum absolute atomic E-state index is 0.571. The van der Waals surface area contributed by atoms with Crippen LogP contribution in [-0.2, 0) is 6.42 Å². The van der Waals surface area contributed by atoms with Gasteiger partial charge < -0.3 is 15.5 Å². The summed E-state index contributed by atoms with van der Waals surface area (Å²) < 4.78 is 0. The maximum Gasteiger partial charge on any atom is 0.155 e. The minimum Gasteiger partial charge on any atom is -0.391 e. The summed E-state index contributed by atoms with van der Waals surface area (Å²) in [5.74, 6) is 1.70. The predicted octanol–water partition coefficient (Wildman–Crippen LogP) is 5.30. The van der Waals surface area contributed by atoms with Crippen molar-refractivity contribution < 1.29 is 0 Å². The van der Waals surface area contributed by atoms with E-state index in [1.54, 1.807) is 0 Å². The number of fused-ring (bicyclic) bond motifs is 1. The maximum atomic E-state index is 4.82. The summed E-state index contributed by atoms with van der Waals surface area (Å²) in [7, 11) is 1.93. The molecule has 2 aromatic rings. The van der Waals surface area contributed by atoms with E-state index >= 15 is 0 Å². The predicted molar refractivity (Wildman–Crippen MR) is 128 cm³/mol. The van der Waals surface area contributed by atoms with Gasteiger partial charge in [-0.05, 0) is 68.0 Å². The maximum absolute atomic E-state index is 4.82. The number of aliphatic imine (C=N–C) groups is 1. The standard InChI is InChI=1S/C25H31N5/c1-5-22(18(3)26-4)19-9-10-23-20(14-19)15-25(28-23)29-24-16-21(11-12-27-24)30-13-7-6-8-17(30)2/h5,9-12,14,16-17,26H,1,6-8,13,15H2,2-4H3,(H,27,28,29)/b22-18+/t17-/m0/s1. The van der Waals surface area contributed by atoms with Crippen molar-refractivity contribution in [1.29, 1.82) is 0 Å². The van der Waals surface area contributed by atoms with E-state index in [0.29, 0.717) is 6.04 Å². The van der Waals surface area contributed by atoms with Gasteiger partial charge in [0.25, 0.3) is 0 Å². The van der Waals surface area contributed by atoms with Crippen LogP contribution in [0.2, 0.25) is 0 Å². The van der Waals surface area contributed by atoms with Crippen LogP contribution in [0, 0.1) is 0 Å². The second-order valence-corrected chi connectivity index (χ2v) is 8.14. The molecule has 0 unspecified atom stereocenters. The second-order valence-electron chi connectivity index (χ2n) is 8.14. The van der Waals surface area contributed by atoms with Gasteiger partial charge in [-0.2, -0.15) is 0 Å². The van der Waals surface area contributed by atoms with Gasteiger partial charge in [0, 0.05) is 55.4 Å². The Morgan fingerprint density at radius 3 is 2.93 bits per heavy atom. The summed E-state index contributed by atoms with van der Waals surface area (Å²) in [5.41, 5.74) is 6.98. The fraction of sp³-hybridized carbons (Fsp3) is 0.360. The van der Waals surface area contributed by atoms with E-state index in [1.165, 1.54) is 30.5 Å². The Balaban J connectivity index is 1.56. The molecule has 3 heterocycles. The number of benzene rings is 1. The SMILES string of the molecule is C=C/C(=C(/C)NC)c1ccc2c(c1)CC(=Nc1cc(N3CCCC[C@@H]3C)ccn1)N2. The smallest absolute Gasteiger partial charge is 0.155 e. The highest BCUT2D eigenvalue weighted by atomic mass is 15.2. The van der Waals surface area contributed by atoms with Crippen LogP contribution in [0.5, 0.6) is 0 Å². The number of amidine groups is 1. The molecule has 4 rings (SSSR count). The van der Waals surface area contributed by atoms with E-state index in [-0.39, 0.29) is 0 Å². The first-order valence-electron chi connectivity index (χ1n) is 10.8. The van der Waals surface area contributed by atoms with Gasteiger partial charge in [-0.15, -0.1) is 0 Å². The molecule has 0 amide bonds. The van der Waals surface area contributed by atoms with Crippen LogP contribution < -0.4 is 15.5 Å². The van der Waals surface area contributed by atoms with E-state index in [9.17, 15) is 0 Å². The lowest BCUT2D eigenvalue weighted by atomic mass is 10.0. The zero-order valence-corrected chi connectivity index (χ0v) is 18.2. The number of pyridine rings is 1. The molecule has 5 nitrogen and oxygen atoms in total. The first kappa shape index (κ1) is 20.2. The van der Waals surface area contributed by atoms with Crippen molar-refractivity contribution in [2.45, 2.75) is 45.6 Å². The number of piperidine rings is 1. The van der Waals surface area contributed by atoms with Gasteiger partial charge in [-0.1, -0.05) is 18.7 Å². The summed E-state index contributed by atoms with van der Waals surface area (Å²) >= 11 is 0. The topological polar surface area (TPSA) is 52.6 Å². The van der Waals surface area contributed by atoms with Gasteiger partial charge >= 0.3 is 0 Å². The summed E-state index contributed by atoms with van der Waals surface area (Å²) in [6, 6.07) is 11.3. The molecule has 1 atom stereocenters. The molecule has 1 aromatic heterocycles. The second kappa shape index (κ2) is 8.74. The zero-order valence-electron chi connectivity index (χ0n) is 18.2. The first-order valence-corrected chi connectivity index (χ1v) is 10.8. The quantitative estimate of drug-likeness (QED) is 0.668. The summed E-state index contributed by atoms with van der Waals surface area (Å²) in [5, 5.41) is 6.67. The number of rotatable bonds is 5. The molecule has 1 fully saturated rings. The van der Waals surface area contributed by atoms with Crippen molar-refractivity contribution in [3.8, 4) is 0 Å². The Labute approximate surface area is 179 Å². The summed E-state index contributed by atoms with van der Waals surface area (Å²) in [6.07, 6.45) is 8.38. The van der Waals surface area contributed by atoms with Crippen molar-refractivity contribution in [2.75, 3.05) is 23.8 Å².